The van der Waals surface area contributed by atoms with Crippen molar-refractivity contribution in [3.63, 3.8) is 0 Å². The summed E-state index contributed by atoms with van der Waals surface area (Å²) in [5.74, 6) is -1.72. The van der Waals surface area contributed by atoms with Gasteiger partial charge in [0.25, 0.3) is 0 Å². The molecule has 5 rings (SSSR count). The number of esters is 4. The fourth-order valence-electron chi connectivity index (χ4n) is 6.02. The molecule has 0 aliphatic rings. The minimum Gasteiger partial charge on any atom is -0.490 e. The number of rotatable bonds is 22. The summed E-state index contributed by atoms with van der Waals surface area (Å²) >= 11 is 0. The standard InChI is InChI=1S/C52H49NO10/c1-7-49(54)60-34-46(62-51(56)9-3)32-58-44-27-17-39(18-28-44)48(40-19-29-45(30-20-40)59-33-47(63-52(57)10-4)35-61-50(55)8-2)31-38-15-25-43(26-16-38)53(41-21-11-36(5)12-22-41)42-23-13-37(6)14-24-42/h7-31,46-47H,1-4,32-35H2,5-6H3. The molecule has 322 valence electrons. The number of ether oxygens (including phenoxy) is 6. The van der Waals surface area contributed by atoms with Crippen molar-refractivity contribution < 1.29 is 47.6 Å². The van der Waals surface area contributed by atoms with Crippen LogP contribution in [0.15, 0.2) is 172 Å². The first-order valence-electron chi connectivity index (χ1n) is 19.9. The Labute approximate surface area is 367 Å². The van der Waals surface area contributed by atoms with Crippen molar-refractivity contribution in [2.75, 3.05) is 31.3 Å². The average Bonchev–Trinajstić information content (AvgIpc) is 3.31. The Morgan fingerprint density at radius 2 is 0.825 bits per heavy atom. The molecule has 11 nitrogen and oxygen atoms in total. The number of hydrogen-bond donors (Lipinski definition) is 0. The van der Waals surface area contributed by atoms with Crippen LogP contribution in [0.25, 0.3) is 11.6 Å². The molecule has 5 aromatic carbocycles. The van der Waals surface area contributed by atoms with Gasteiger partial charge in [0.05, 0.1) is 0 Å². The summed E-state index contributed by atoms with van der Waals surface area (Å²) in [6, 6.07) is 39.9. The van der Waals surface area contributed by atoms with Crippen LogP contribution >= 0.6 is 0 Å². The van der Waals surface area contributed by atoms with Gasteiger partial charge in [0.2, 0.25) is 0 Å². The lowest BCUT2D eigenvalue weighted by Gasteiger charge is -2.26. The molecule has 63 heavy (non-hydrogen) atoms. The lowest BCUT2D eigenvalue weighted by atomic mass is 9.95. The van der Waals surface area contributed by atoms with E-state index < -0.39 is 36.1 Å². The average molecular weight is 848 g/mol. The highest BCUT2D eigenvalue weighted by Gasteiger charge is 2.19. The molecular weight excluding hydrogens is 799 g/mol. The Morgan fingerprint density at radius 1 is 0.476 bits per heavy atom. The lowest BCUT2D eigenvalue weighted by molar-refractivity contribution is -0.154. The molecule has 0 radical (unpaired) electrons. The zero-order chi connectivity index (χ0) is 45.1. The van der Waals surface area contributed by atoms with Gasteiger partial charge in [0, 0.05) is 41.4 Å². The zero-order valence-corrected chi connectivity index (χ0v) is 35.3. The van der Waals surface area contributed by atoms with E-state index in [9.17, 15) is 19.2 Å². The fraction of sp³-hybridized carbons (Fsp3) is 0.154. The monoisotopic (exact) mass is 847 g/mol. The first-order valence-corrected chi connectivity index (χ1v) is 19.9. The van der Waals surface area contributed by atoms with Gasteiger partial charge in [0.1, 0.15) is 37.9 Å². The van der Waals surface area contributed by atoms with Crippen LogP contribution in [-0.2, 0) is 38.1 Å². The predicted octanol–water partition coefficient (Wildman–Crippen LogP) is 9.77. The fourth-order valence-corrected chi connectivity index (χ4v) is 6.02. The number of carbonyl (C=O) groups excluding carboxylic acids is 4. The number of carbonyl (C=O) groups is 4. The molecular formula is C52H49NO10. The molecule has 2 unspecified atom stereocenters. The Hall–Kier alpha value is -7.92. The summed E-state index contributed by atoms with van der Waals surface area (Å²) in [5.41, 5.74) is 8.91. The van der Waals surface area contributed by atoms with Crippen LogP contribution in [0.3, 0.4) is 0 Å². The predicted molar refractivity (Wildman–Crippen MR) is 244 cm³/mol. The van der Waals surface area contributed by atoms with Gasteiger partial charge in [-0.25, -0.2) is 19.2 Å². The molecule has 0 spiro atoms. The van der Waals surface area contributed by atoms with E-state index >= 15 is 0 Å². The quantitative estimate of drug-likeness (QED) is 0.0286. The van der Waals surface area contributed by atoms with Gasteiger partial charge in [-0.1, -0.05) is 98.1 Å². The van der Waals surface area contributed by atoms with Crippen LogP contribution in [0, 0.1) is 13.8 Å². The van der Waals surface area contributed by atoms with Crippen molar-refractivity contribution in [2.45, 2.75) is 26.1 Å². The molecule has 0 aromatic heterocycles. The number of hydrogen-bond acceptors (Lipinski definition) is 11. The Bertz CT molecular complexity index is 2260. The Morgan fingerprint density at radius 3 is 1.17 bits per heavy atom. The molecule has 0 N–H and O–H groups in total. The van der Waals surface area contributed by atoms with Gasteiger partial charge in [0.15, 0.2) is 12.2 Å². The molecule has 0 bridgehead atoms. The highest BCUT2D eigenvalue weighted by atomic mass is 16.6. The van der Waals surface area contributed by atoms with Gasteiger partial charge < -0.3 is 33.3 Å². The van der Waals surface area contributed by atoms with Crippen LogP contribution in [0.1, 0.15) is 27.8 Å². The minimum absolute atomic E-state index is 0.0909. The van der Waals surface area contributed by atoms with Crippen molar-refractivity contribution in [2.24, 2.45) is 0 Å². The highest BCUT2D eigenvalue weighted by Crippen LogP contribution is 2.36. The van der Waals surface area contributed by atoms with Gasteiger partial charge in [-0.3, -0.25) is 0 Å². The number of anilines is 3. The first kappa shape index (κ1) is 46.2. The molecule has 0 saturated carbocycles. The zero-order valence-electron chi connectivity index (χ0n) is 35.3. The van der Waals surface area contributed by atoms with Crippen molar-refractivity contribution in [1.82, 2.24) is 0 Å². The van der Waals surface area contributed by atoms with E-state index in [2.05, 4.69) is 124 Å². The highest BCUT2D eigenvalue weighted by molar-refractivity contribution is 5.92. The summed E-state index contributed by atoms with van der Waals surface area (Å²) in [7, 11) is 0. The summed E-state index contributed by atoms with van der Waals surface area (Å²) in [6.07, 6.45) is 4.36. The van der Waals surface area contributed by atoms with Crippen molar-refractivity contribution in [1.29, 1.82) is 0 Å². The summed E-state index contributed by atoms with van der Waals surface area (Å²) in [4.78, 5) is 49.4. The minimum atomic E-state index is -0.891. The maximum Gasteiger partial charge on any atom is 0.330 e. The van der Waals surface area contributed by atoms with Crippen molar-refractivity contribution in [3.05, 3.63) is 200 Å². The molecule has 5 aromatic rings. The molecule has 0 fully saturated rings. The van der Waals surface area contributed by atoms with Crippen molar-refractivity contribution >= 4 is 52.6 Å². The number of nitrogens with zero attached hydrogens (tertiary/aromatic N) is 1. The normalized spacial score (nSPS) is 11.3. The van der Waals surface area contributed by atoms with Crippen molar-refractivity contribution in [3.8, 4) is 11.5 Å². The summed E-state index contributed by atoms with van der Waals surface area (Å²) in [6.45, 7) is 17.1. The maximum absolute atomic E-state index is 11.9. The topological polar surface area (TPSA) is 127 Å². The van der Waals surface area contributed by atoms with Crippen LogP contribution in [0.2, 0.25) is 0 Å². The second-order valence-corrected chi connectivity index (χ2v) is 14.0. The Kier molecular flexibility index (Phi) is 17.0. The van der Waals surface area contributed by atoms with E-state index in [1.54, 1.807) is 24.3 Å². The third kappa shape index (κ3) is 14.1. The SMILES string of the molecule is C=CC(=O)OCC(COc1ccc(C(=Cc2ccc(N(c3ccc(C)cc3)c3ccc(C)cc3)cc2)c2ccc(OCC(COC(=O)C=C)OC(=O)C=C)cc2)cc1)OC(=O)C=C. The second-order valence-electron chi connectivity index (χ2n) is 14.0. The second kappa shape index (κ2) is 23.2. The Balaban J connectivity index is 1.44. The van der Waals surface area contributed by atoms with E-state index in [0.29, 0.717) is 11.5 Å². The number of aryl methyl sites for hydroxylation is 2. The largest absolute Gasteiger partial charge is 0.490 e. The molecule has 2 atom stereocenters. The van der Waals surface area contributed by atoms with Gasteiger partial charge in [-0.15, -0.1) is 0 Å². The molecule has 0 saturated heterocycles. The first-order chi connectivity index (χ1) is 30.5. The van der Waals surface area contributed by atoms with Gasteiger partial charge in [-0.2, -0.15) is 0 Å². The molecule has 0 heterocycles. The summed E-state index contributed by atoms with van der Waals surface area (Å²) in [5, 5.41) is 0. The van der Waals surface area contributed by atoms with E-state index in [4.69, 9.17) is 28.4 Å². The number of benzene rings is 5. The van der Waals surface area contributed by atoms with E-state index in [1.807, 2.05) is 24.3 Å². The molecule has 11 heteroatoms. The van der Waals surface area contributed by atoms with E-state index in [0.717, 1.165) is 63.6 Å². The third-order valence-corrected chi connectivity index (χ3v) is 9.30. The van der Waals surface area contributed by atoms with Crippen LogP contribution in [0.5, 0.6) is 11.5 Å². The van der Waals surface area contributed by atoms with E-state index in [-0.39, 0.29) is 26.4 Å². The van der Waals surface area contributed by atoms with Gasteiger partial charge in [-0.05, 0) is 103 Å². The maximum atomic E-state index is 11.9. The lowest BCUT2D eigenvalue weighted by Crippen LogP contribution is -2.30. The smallest absolute Gasteiger partial charge is 0.330 e. The summed E-state index contributed by atoms with van der Waals surface area (Å²) < 4.78 is 32.7. The molecule has 0 aliphatic carbocycles. The van der Waals surface area contributed by atoms with Crippen LogP contribution < -0.4 is 14.4 Å². The molecule has 0 aliphatic heterocycles. The third-order valence-electron chi connectivity index (χ3n) is 9.30. The van der Waals surface area contributed by atoms with Crippen LogP contribution in [-0.4, -0.2) is 62.5 Å². The van der Waals surface area contributed by atoms with E-state index in [1.165, 1.54) is 11.1 Å². The van der Waals surface area contributed by atoms with Crippen LogP contribution in [0.4, 0.5) is 17.1 Å². The molecule has 0 amide bonds. The van der Waals surface area contributed by atoms with Gasteiger partial charge >= 0.3 is 23.9 Å².